The lowest BCUT2D eigenvalue weighted by molar-refractivity contribution is -0.137. The second-order valence-electron chi connectivity index (χ2n) is 5.70. The first kappa shape index (κ1) is 20.0. The molecule has 2 aromatic carbocycles. The zero-order chi connectivity index (χ0) is 20.2. The second kappa shape index (κ2) is 8.11. The van der Waals surface area contributed by atoms with Crippen molar-refractivity contribution >= 4 is 38.1 Å². The van der Waals surface area contributed by atoms with Crippen LogP contribution < -0.4 is 5.32 Å². The summed E-state index contributed by atoms with van der Waals surface area (Å²) in [6, 6.07) is 10.8. The van der Waals surface area contributed by atoms with Crippen molar-refractivity contribution in [2.75, 3.05) is 11.1 Å². The number of alkyl halides is 3. The molecule has 1 N–H and O–H groups in total. The standard InChI is InChI=1S/C18H14F3N3O2S2/c19-18(20,21)14-5-1-3-13(11-14)4-2-10-28(25,26)16-8-6-15(7-9-16)23-17-24-22-12-27-17/h1-9,11-12H,10H2,(H,23,24). The Hall–Kier alpha value is -2.72. The van der Waals surface area contributed by atoms with Gasteiger partial charge < -0.3 is 5.32 Å². The van der Waals surface area contributed by atoms with Gasteiger partial charge in [0.05, 0.1) is 16.2 Å². The zero-order valence-corrected chi connectivity index (χ0v) is 15.9. The average molecular weight is 425 g/mol. The third kappa shape index (κ3) is 5.17. The molecule has 28 heavy (non-hydrogen) atoms. The average Bonchev–Trinajstić information content (AvgIpc) is 3.15. The van der Waals surface area contributed by atoms with E-state index < -0.39 is 21.6 Å². The van der Waals surface area contributed by atoms with E-state index in [-0.39, 0.29) is 16.2 Å². The molecule has 0 atom stereocenters. The Kier molecular flexibility index (Phi) is 5.80. The lowest BCUT2D eigenvalue weighted by Crippen LogP contribution is -2.05. The summed E-state index contributed by atoms with van der Waals surface area (Å²) >= 11 is 1.31. The Bertz CT molecular complexity index is 1060. The van der Waals surface area contributed by atoms with Crippen LogP contribution in [-0.4, -0.2) is 24.4 Å². The van der Waals surface area contributed by atoms with E-state index >= 15 is 0 Å². The summed E-state index contributed by atoms with van der Waals surface area (Å²) in [6.07, 6.45) is -1.75. The van der Waals surface area contributed by atoms with Gasteiger partial charge in [-0.1, -0.05) is 35.6 Å². The molecule has 3 rings (SSSR count). The van der Waals surface area contributed by atoms with Crippen LogP contribution in [0.3, 0.4) is 0 Å². The van der Waals surface area contributed by atoms with Gasteiger partial charge in [-0.15, -0.1) is 10.2 Å². The van der Waals surface area contributed by atoms with Gasteiger partial charge >= 0.3 is 6.18 Å². The minimum atomic E-state index is -4.44. The normalized spacial score (nSPS) is 12.4. The van der Waals surface area contributed by atoms with Crippen molar-refractivity contribution in [3.05, 3.63) is 71.2 Å². The molecule has 0 unspecified atom stereocenters. The molecule has 0 aliphatic heterocycles. The first-order valence-electron chi connectivity index (χ1n) is 7.94. The highest BCUT2D eigenvalue weighted by Gasteiger charge is 2.30. The number of benzene rings is 2. The molecule has 0 radical (unpaired) electrons. The fourth-order valence-electron chi connectivity index (χ4n) is 2.32. The minimum Gasteiger partial charge on any atom is -0.330 e. The predicted molar refractivity (Wildman–Crippen MR) is 102 cm³/mol. The van der Waals surface area contributed by atoms with Crippen molar-refractivity contribution in [1.82, 2.24) is 10.2 Å². The van der Waals surface area contributed by atoms with E-state index in [0.29, 0.717) is 10.8 Å². The van der Waals surface area contributed by atoms with Crippen LogP contribution in [0.15, 0.2) is 65.0 Å². The van der Waals surface area contributed by atoms with Crippen molar-refractivity contribution in [1.29, 1.82) is 0 Å². The zero-order valence-electron chi connectivity index (χ0n) is 14.2. The summed E-state index contributed by atoms with van der Waals surface area (Å²) in [6.45, 7) is 0. The first-order chi connectivity index (χ1) is 13.2. The van der Waals surface area contributed by atoms with Gasteiger partial charge in [-0.05, 0) is 42.0 Å². The number of nitrogens with zero attached hydrogens (tertiary/aromatic N) is 2. The molecule has 0 fully saturated rings. The molecule has 0 amide bonds. The largest absolute Gasteiger partial charge is 0.416 e. The second-order valence-corrected chi connectivity index (χ2v) is 8.57. The monoisotopic (exact) mass is 425 g/mol. The van der Waals surface area contributed by atoms with Crippen molar-refractivity contribution in [3.8, 4) is 0 Å². The number of sulfone groups is 1. The molecule has 146 valence electrons. The number of anilines is 2. The van der Waals surface area contributed by atoms with Crippen LogP contribution in [0.5, 0.6) is 0 Å². The topological polar surface area (TPSA) is 72.0 Å². The van der Waals surface area contributed by atoms with Crippen LogP contribution in [0.1, 0.15) is 11.1 Å². The fourth-order valence-corrected chi connectivity index (χ4v) is 3.88. The van der Waals surface area contributed by atoms with Gasteiger partial charge in [0.15, 0.2) is 9.84 Å². The molecule has 0 saturated heterocycles. The van der Waals surface area contributed by atoms with E-state index in [4.69, 9.17) is 0 Å². The molecule has 0 saturated carbocycles. The van der Waals surface area contributed by atoms with Crippen LogP contribution in [0, 0.1) is 0 Å². The Balaban J connectivity index is 1.67. The lowest BCUT2D eigenvalue weighted by atomic mass is 10.1. The van der Waals surface area contributed by atoms with Gasteiger partial charge in [0.1, 0.15) is 5.51 Å². The van der Waals surface area contributed by atoms with E-state index in [9.17, 15) is 21.6 Å². The molecular formula is C18H14F3N3O2S2. The van der Waals surface area contributed by atoms with Gasteiger partial charge in [-0.2, -0.15) is 13.2 Å². The van der Waals surface area contributed by atoms with Crippen molar-refractivity contribution in [2.24, 2.45) is 0 Å². The summed E-state index contributed by atoms with van der Waals surface area (Å²) in [5, 5.41) is 11.1. The molecule has 0 aliphatic carbocycles. The van der Waals surface area contributed by atoms with Crippen LogP contribution in [0.4, 0.5) is 24.0 Å². The third-order valence-electron chi connectivity index (χ3n) is 3.66. The third-order valence-corrected chi connectivity index (χ3v) is 5.89. The first-order valence-corrected chi connectivity index (χ1v) is 10.5. The molecule has 0 bridgehead atoms. The SMILES string of the molecule is O=S(=O)(CC=Cc1cccc(C(F)(F)F)c1)c1ccc(Nc2nncs2)cc1. The fraction of sp³-hybridized carbons (Fsp3) is 0.111. The minimum absolute atomic E-state index is 0.115. The van der Waals surface area contributed by atoms with E-state index in [0.717, 1.165) is 12.1 Å². The van der Waals surface area contributed by atoms with Crippen molar-refractivity contribution < 1.29 is 21.6 Å². The number of hydrogen-bond donors (Lipinski definition) is 1. The maximum absolute atomic E-state index is 12.7. The van der Waals surface area contributed by atoms with Gasteiger partial charge in [0.25, 0.3) is 0 Å². The number of halogens is 3. The maximum Gasteiger partial charge on any atom is 0.416 e. The molecule has 0 aliphatic rings. The van der Waals surface area contributed by atoms with Gasteiger partial charge in [-0.3, -0.25) is 0 Å². The highest BCUT2D eigenvalue weighted by Crippen LogP contribution is 2.29. The van der Waals surface area contributed by atoms with E-state index in [1.165, 1.54) is 47.8 Å². The smallest absolute Gasteiger partial charge is 0.330 e. The van der Waals surface area contributed by atoms with Gasteiger partial charge in [0.2, 0.25) is 5.13 Å². The van der Waals surface area contributed by atoms with Gasteiger partial charge in [0, 0.05) is 5.69 Å². The van der Waals surface area contributed by atoms with E-state index in [2.05, 4.69) is 15.5 Å². The summed E-state index contributed by atoms with van der Waals surface area (Å²) in [5.41, 5.74) is 1.73. The van der Waals surface area contributed by atoms with E-state index in [1.54, 1.807) is 17.6 Å². The number of hydrogen-bond acceptors (Lipinski definition) is 6. The molecule has 3 aromatic rings. The van der Waals surface area contributed by atoms with Crippen molar-refractivity contribution in [3.63, 3.8) is 0 Å². The summed E-state index contributed by atoms with van der Waals surface area (Å²) < 4.78 is 63.0. The summed E-state index contributed by atoms with van der Waals surface area (Å²) in [4.78, 5) is 0.115. The van der Waals surface area contributed by atoms with E-state index in [1.807, 2.05) is 0 Å². The Morgan fingerprint density at radius 3 is 2.50 bits per heavy atom. The highest BCUT2D eigenvalue weighted by atomic mass is 32.2. The number of nitrogens with one attached hydrogen (secondary N) is 1. The van der Waals surface area contributed by atoms with Gasteiger partial charge in [-0.25, -0.2) is 8.42 Å². The summed E-state index contributed by atoms with van der Waals surface area (Å²) in [7, 11) is -3.61. The Labute approximate surface area is 163 Å². The molecule has 1 heterocycles. The molecule has 5 nitrogen and oxygen atoms in total. The van der Waals surface area contributed by atoms with Crippen LogP contribution in [0.2, 0.25) is 0 Å². The highest BCUT2D eigenvalue weighted by molar-refractivity contribution is 7.91. The van der Waals surface area contributed by atoms with Crippen LogP contribution in [-0.2, 0) is 16.0 Å². The van der Waals surface area contributed by atoms with Crippen LogP contribution in [0.25, 0.3) is 6.08 Å². The van der Waals surface area contributed by atoms with Crippen LogP contribution >= 0.6 is 11.3 Å². The Morgan fingerprint density at radius 2 is 1.86 bits per heavy atom. The quantitative estimate of drug-likeness (QED) is 0.615. The number of aromatic nitrogens is 2. The molecule has 1 aromatic heterocycles. The lowest BCUT2D eigenvalue weighted by Gasteiger charge is -2.07. The molecule has 10 heteroatoms. The number of rotatable bonds is 6. The summed E-state index contributed by atoms with van der Waals surface area (Å²) in [5.74, 6) is -0.327. The Morgan fingerprint density at radius 1 is 1.11 bits per heavy atom. The predicted octanol–water partition coefficient (Wildman–Crippen LogP) is 4.79. The molecular weight excluding hydrogens is 411 g/mol. The van der Waals surface area contributed by atoms with Crippen molar-refractivity contribution in [2.45, 2.75) is 11.1 Å². The maximum atomic E-state index is 12.7. The molecule has 0 spiro atoms.